The Balaban J connectivity index is 1.38. The summed E-state index contributed by atoms with van der Waals surface area (Å²) in [5, 5.41) is 0. The van der Waals surface area contributed by atoms with Crippen LogP contribution >= 0.6 is 0 Å². The maximum absolute atomic E-state index is 2.65. The van der Waals surface area contributed by atoms with Crippen LogP contribution in [0.5, 0.6) is 0 Å². The molecule has 0 aromatic carbocycles. The smallest absolute Gasteiger partial charge is 0.00160 e. The van der Waals surface area contributed by atoms with Gasteiger partial charge >= 0.3 is 0 Å². The van der Waals surface area contributed by atoms with E-state index in [1.807, 2.05) is 0 Å². The molecule has 0 aromatic rings. The summed E-state index contributed by atoms with van der Waals surface area (Å²) in [4.78, 5) is 5.26. The topological polar surface area (TPSA) is 6.48 Å². The lowest BCUT2D eigenvalue weighted by Crippen LogP contribution is -2.30. The number of likely N-dealkylation sites (tertiary alicyclic amines) is 2. The van der Waals surface area contributed by atoms with Gasteiger partial charge in [0.25, 0.3) is 0 Å². The fourth-order valence-electron chi connectivity index (χ4n) is 3.07. The Morgan fingerprint density at radius 2 is 1.24 bits per heavy atom. The highest BCUT2D eigenvalue weighted by Crippen LogP contribution is 2.11. The molecule has 2 heteroatoms. The zero-order chi connectivity index (χ0) is 11.8. The molecule has 2 fully saturated rings. The summed E-state index contributed by atoms with van der Waals surface area (Å²) in [6.45, 7) is 8.05. The minimum Gasteiger partial charge on any atom is -0.303 e. The third-order valence-electron chi connectivity index (χ3n) is 4.18. The van der Waals surface area contributed by atoms with Crippen molar-refractivity contribution < 1.29 is 0 Å². The Morgan fingerprint density at radius 1 is 0.647 bits per heavy atom. The summed E-state index contributed by atoms with van der Waals surface area (Å²) in [5.74, 6) is 0. The van der Waals surface area contributed by atoms with Gasteiger partial charge in [0, 0.05) is 0 Å². The molecule has 0 bridgehead atoms. The van der Waals surface area contributed by atoms with Crippen LogP contribution in [0.4, 0.5) is 0 Å². The summed E-state index contributed by atoms with van der Waals surface area (Å²) in [5.41, 5.74) is 0. The van der Waals surface area contributed by atoms with Crippen molar-refractivity contribution in [3.8, 4) is 0 Å². The third-order valence-corrected chi connectivity index (χ3v) is 4.18. The molecule has 99 valence electrons. The van der Waals surface area contributed by atoms with E-state index in [2.05, 4.69) is 16.2 Å². The van der Waals surface area contributed by atoms with E-state index in [4.69, 9.17) is 0 Å². The normalized spacial score (nSPS) is 23.3. The molecule has 2 aliphatic heterocycles. The van der Waals surface area contributed by atoms with Crippen molar-refractivity contribution >= 4 is 0 Å². The lowest BCUT2D eigenvalue weighted by Gasteiger charge is -2.26. The highest BCUT2D eigenvalue weighted by atomic mass is 15.1. The summed E-state index contributed by atoms with van der Waals surface area (Å²) < 4.78 is 0. The Morgan fingerprint density at radius 3 is 1.94 bits per heavy atom. The largest absolute Gasteiger partial charge is 0.303 e. The molecule has 0 N–H and O–H groups in total. The van der Waals surface area contributed by atoms with Crippen LogP contribution in [0.15, 0.2) is 0 Å². The van der Waals surface area contributed by atoms with Crippen LogP contribution in [-0.4, -0.2) is 49.1 Å². The van der Waals surface area contributed by atoms with Gasteiger partial charge in [-0.1, -0.05) is 6.42 Å². The van der Waals surface area contributed by atoms with Crippen LogP contribution < -0.4 is 0 Å². The van der Waals surface area contributed by atoms with E-state index in [1.165, 1.54) is 90.6 Å². The van der Waals surface area contributed by atoms with E-state index in [1.54, 1.807) is 0 Å². The Hall–Kier alpha value is -0.0800. The molecule has 2 aliphatic rings. The first kappa shape index (κ1) is 13.4. The van der Waals surface area contributed by atoms with Gasteiger partial charge in [-0.3, -0.25) is 0 Å². The van der Waals surface area contributed by atoms with Crippen molar-refractivity contribution in [2.45, 2.75) is 51.4 Å². The molecule has 2 rings (SSSR count). The first-order valence-corrected chi connectivity index (χ1v) is 7.71. The Bertz CT molecular complexity index is 181. The second-order valence-corrected chi connectivity index (χ2v) is 5.67. The summed E-state index contributed by atoms with van der Waals surface area (Å²) in [6, 6.07) is 0. The van der Waals surface area contributed by atoms with Gasteiger partial charge in [-0.25, -0.2) is 0 Å². The standard InChI is InChI=1S/C15H29N2/c1(2-5-11-17-14-8-9-15-17)4-10-16-12-6-3-7-13-16/h2H,1,3-15H2. The van der Waals surface area contributed by atoms with Crippen molar-refractivity contribution in [3.63, 3.8) is 0 Å². The molecule has 0 saturated carbocycles. The molecule has 1 radical (unpaired) electrons. The molecule has 0 aliphatic carbocycles. The Kier molecular flexibility index (Phi) is 6.36. The van der Waals surface area contributed by atoms with Crippen LogP contribution in [0.1, 0.15) is 51.4 Å². The van der Waals surface area contributed by atoms with Crippen LogP contribution in [0.2, 0.25) is 0 Å². The lowest BCUT2D eigenvalue weighted by atomic mass is 10.1. The molecule has 2 heterocycles. The molecule has 0 amide bonds. The van der Waals surface area contributed by atoms with Gasteiger partial charge in [0.2, 0.25) is 0 Å². The maximum atomic E-state index is 2.65. The number of hydrogen-bond donors (Lipinski definition) is 0. The average molecular weight is 237 g/mol. The molecule has 0 aromatic heterocycles. The summed E-state index contributed by atoms with van der Waals surface area (Å²) in [7, 11) is 0. The molecular formula is C15H29N2. The number of hydrogen-bond acceptors (Lipinski definition) is 2. The van der Waals surface area contributed by atoms with Crippen molar-refractivity contribution in [2.75, 3.05) is 39.3 Å². The number of piperidine rings is 1. The zero-order valence-corrected chi connectivity index (χ0v) is 11.4. The first-order chi connectivity index (χ1) is 8.45. The number of rotatable bonds is 7. The minimum absolute atomic E-state index is 1.31. The molecular weight excluding hydrogens is 208 g/mol. The van der Waals surface area contributed by atoms with E-state index < -0.39 is 0 Å². The van der Waals surface area contributed by atoms with Gasteiger partial charge in [-0.2, -0.15) is 0 Å². The van der Waals surface area contributed by atoms with Crippen LogP contribution in [0.3, 0.4) is 0 Å². The Labute approximate surface area is 107 Å². The highest BCUT2D eigenvalue weighted by Gasteiger charge is 2.11. The van der Waals surface area contributed by atoms with Crippen LogP contribution in [-0.2, 0) is 0 Å². The minimum atomic E-state index is 1.31. The van der Waals surface area contributed by atoms with E-state index >= 15 is 0 Å². The van der Waals surface area contributed by atoms with Gasteiger partial charge in [0.05, 0.1) is 0 Å². The number of unbranched alkanes of at least 4 members (excludes halogenated alkanes) is 3. The number of nitrogens with zero attached hydrogens (tertiary/aromatic N) is 2. The van der Waals surface area contributed by atoms with Gasteiger partial charge in [0.1, 0.15) is 0 Å². The van der Waals surface area contributed by atoms with Crippen molar-refractivity contribution in [2.24, 2.45) is 0 Å². The molecule has 2 saturated heterocycles. The van der Waals surface area contributed by atoms with E-state index in [-0.39, 0.29) is 0 Å². The molecule has 0 unspecified atom stereocenters. The molecule has 0 spiro atoms. The predicted molar refractivity (Wildman–Crippen MR) is 74.1 cm³/mol. The third kappa shape index (κ3) is 5.39. The summed E-state index contributed by atoms with van der Waals surface area (Å²) in [6.07, 6.45) is 13.7. The van der Waals surface area contributed by atoms with Crippen LogP contribution in [0.25, 0.3) is 0 Å². The molecule has 0 atom stereocenters. The van der Waals surface area contributed by atoms with Gasteiger partial charge in [-0.05, 0) is 90.6 Å². The van der Waals surface area contributed by atoms with Crippen molar-refractivity contribution in [3.05, 3.63) is 6.42 Å². The van der Waals surface area contributed by atoms with E-state index in [0.29, 0.717) is 0 Å². The zero-order valence-electron chi connectivity index (χ0n) is 11.4. The van der Waals surface area contributed by atoms with Crippen molar-refractivity contribution in [1.82, 2.24) is 9.80 Å². The lowest BCUT2D eigenvalue weighted by molar-refractivity contribution is 0.226. The van der Waals surface area contributed by atoms with Gasteiger partial charge < -0.3 is 9.80 Å². The SMILES string of the molecule is [CH](CCCN1CCCCC1)CCN1CCCC1. The monoisotopic (exact) mass is 237 g/mol. The van der Waals surface area contributed by atoms with Crippen molar-refractivity contribution in [1.29, 1.82) is 0 Å². The molecule has 17 heavy (non-hydrogen) atoms. The van der Waals surface area contributed by atoms with Gasteiger partial charge in [-0.15, -0.1) is 0 Å². The fourth-order valence-corrected chi connectivity index (χ4v) is 3.07. The van der Waals surface area contributed by atoms with E-state index in [0.717, 1.165) is 0 Å². The maximum Gasteiger partial charge on any atom is -0.00160 e. The quantitative estimate of drug-likeness (QED) is 0.628. The first-order valence-electron chi connectivity index (χ1n) is 7.71. The fraction of sp³-hybridized carbons (Fsp3) is 0.933. The predicted octanol–water partition coefficient (Wildman–Crippen LogP) is 2.94. The average Bonchev–Trinajstić information content (AvgIpc) is 2.88. The second kappa shape index (κ2) is 8.10. The van der Waals surface area contributed by atoms with E-state index in [9.17, 15) is 0 Å². The highest BCUT2D eigenvalue weighted by molar-refractivity contribution is 4.73. The summed E-state index contributed by atoms with van der Waals surface area (Å²) >= 11 is 0. The van der Waals surface area contributed by atoms with Crippen LogP contribution in [0, 0.1) is 6.42 Å². The van der Waals surface area contributed by atoms with Gasteiger partial charge in [0.15, 0.2) is 0 Å². The molecule has 2 nitrogen and oxygen atoms in total. The second-order valence-electron chi connectivity index (χ2n) is 5.67.